The van der Waals surface area contributed by atoms with Gasteiger partial charge in [0.25, 0.3) is 0 Å². The van der Waals surface area contributed by atoms with Crippen molar-refractivity contribution in [3.63, 3.8) is 0 Å². The minimum atomic E-state index is -0.00110. The summed E-state index contributed by atoms with van der Waals surface area (Å²) in [6.07, 6.45) is 0. The van der Waals surface area contributed by atoms with Gasteiger partial charge in [0.15, 0.2) is 5.78 Å². The van der Waals surface area contributed by atoms with Gasteiger partial charge in [0.05, 0.1) is 12.2 Å². The van der Waals surface area contributed by atoms with Gasteiger partial charge in [-0.05, 0) is 71.7 Å². The van der Waals surface area contributed by atoms with Crippen LogP contribution >= 0.6 is 15.9 Å². The standard InChI is InChI=1S/C21H24BrN3O2/c1-15-3-8-20(19(22)13-15)23-21(27)14-24-9-11-25(12-10-24)18-6-4-17(5-7-18)16(2)26/h3-8,13H,9-12,14H2,1-2H3,(H,23,27). The van der Waals surface area contributed by atoms with Crippen molar-refractivity contribution >= 4 is 39.0 Å². The zero-order valence-electron chi connectivity index (χ0n) is 15.7. The smallest absolute Gasteiger partial charge is 0.238 e. The molecule has 0 aliphatic carbocycles. The zero-order chi connectivity index (χ0) is 19.4. The van der Waals surface area contributed by atoms with Gasteiger partial charge in [0, 0.05) is 41.9 Å². The molecule has 1 amide bonds. The fraction of sp³-hybridized carbons (Fsp3) is 0.333. The number of rotatable bonds is 5. The monoisotopic (exact) mass is 429 g/mol. The molecule has 0 spiro atoms. The highest BCUT2D eigenvalue weighted by atomic mass is 79.9. The van der Waals surface area contributed by atoms with E-state index in [0.29, 0.717) is 6.54 Å². The number of nitrogens with zero attached hydrogens (tertiary/aromatic N) is 2. The summed E-state index contributed by atoms with van der Waals surface area (Å²) in [4.78, 5) is 28.2. The average molecular weight is 430 g/mol. The van der Waals surface area contributed by atoms with Crippen LogP contribution in [0.3, 0.4) is 0 Å². The summed E-state index contributed by atoms with van der Waals surface area (Å²) in [5.74, 6) is 0.0800. The summed E-state index contributed by atoms with van der Waals surface area (Å²) in [5.41, 5.74) is 3.80. The summed E-state index contributed by atoms with van der Waals surface area (Å²) in [6, 6.07) is 13.6. The van der Waals surface area contributed by atoms with Crippen molar-refractivity contribution in [2.75, 3.05) is 42.9 Å². The summed E-state index contributed by atoms with van der Waals surface area (Å²) in [5, 5.41) is 2.97. The molecule has 2 aromatic rings. The lowest BCUT2D eigenvalue weighted by atomic mass is 10.1. The van der Waals surface area contributed by atoms with Crippen LogP contribution in [-0.2, 0) is 4.79 Å². The number of piperazine rings is 1. The second-order valence-corrected chi connectivity index (χ2v) is 7.75. The number of aryl methyl sites for hydroxylation is 1. The van der Waals surface area contributed by atoms with Crippen LogP contribution in [-0.4, -0.2) is 49.3 Å². The van der Waals surface area contributed by atoms with Gasteiger partial charge in [-0.3, -0.25) is 14.5 Å². The van der Waals surface area contributed by atoms with Crippen LogP contribution in [0.5, 0.6) is 0 Å². The first-order valence-electron chi connectivity index (χ1n) is 9.06. The van der Waals surface area contributed by atoms with Crippen molar-refractivity contribution in [1.82, 2.24) is 4.90 Å². The zero-order valence-corrected chi connectivity index (χ0v) is 17.3. The minimum Gasteiger partial charge on any atom is -0.369 e. The van der Waals surface area contributed by atoms with Crippen LogP contribution in [0.15, 0.2) is 46.9 Å². The maximum Gasteiger partial charge on any atom is 0.238 e. The van der Waals surface area contributed by atoms with E-state index in [1.54, 1.807) is 6.92 Å². The molecule has 0 unspecified atom stereocenters. The van der Waals surface area contributed by atoms with Gasteiger partial charge in [-0.1, -0.05) is 6.07 Å². The molecule has 1 saturated heterocycles. The highest BCUT2D eigenvalue weighted by Gasteiger charge is 2.19. The van der Waals surface area contributed by atoms with Gasteiger partial charge in [0.1, 0.15) is 0 Å². The Hall–Kier alpha value is -2.18. The summed E-state index contributed by atoms with van der Waals surface area (Å²) < 4.78 is 0.898. The molecule has 27 heavy (non-hydrogen) atoms. The van der Waals surface area contributed by atoms with Gasteiger partial charge in [-0.25, -0.2) is 0 Å². The van der Waals surface area contributed by atoms with Crippen LogP contribution in [0.25, 0.3) is 0 Å². The Morgan fingerprint density at radius 3 is 2.30 bits per heavy atom. The number of benzene rings is 2. The Bertz CT molecular complexity index is 828. The number of Topliss-reactive ketones (excluding diaryl/α,β-unsaturated/α-hetero) is 1. The third kappa shape index (κ3) is 5.17. The summed E-state index contributed by atoms with van der Waals surface area (Å²) in [6.45, 7) is 7.37. The molecule has 1 aliphatic heterocycles. The topological polar surface area (TPSA) is 52.7 Å². The maximum absolute atomic E-state index is 12.4. The number of anilines is 2. The molecular weight excluding hydrogens is 406 g/mol. The lowest BCUT2D eigenvalue weighted by molar-refractivity contribution is -0.117. The van der Waals surface area contributed by atoms with E-state index in [2.05, 4.69) is 31.0 Å². The van der Waals surface area contributed by atoms with E-state index in [1.165, 1.54) is 0 Å². The molecule has 5 nitrogen and oxygen atoms in total. The lowest BCUT2D eigenvalue weighted by Gasteiger charge is -2.35. The van der Waals surface area contributed by atoms with Crippen molar-refractivity contribution in [1.29, 1.82) is 0 Å². The highest BCUT2D eigenvalue weighted by Crippen LogP contribution is 2.23. The van der Waals surface area contributed by atoms with E-state index in [1.807, 2.05) is 49.4 Å². The molecule has 3 rings (SSSR count). The Morgan fingerprint density at radius 2 is 1.70 bits per heavy atom. The molecule has 1 N–H and O–H groups in total. The van der Waals surface area contributed by atoms with Gasteiger partial charge < -0.3 is 10.2 Å². The predicted molar refractivity (Wildman–Crippen MR) is 113 cm³/mol. The van der Waals surface area contributed by atoms with Crippen LogP contribution in [0.4, 0.5) is 11.4 Å². The number of hydrogen-bond acceptors (Lipinski definition) is 4. The predicted octanol–water partition coefficient (Wildman–Crippen LogP) is 3.72. The lowest BCUT2D eigenvalue weighted by Crippen LogP contribution is -2.48. The fourth-order valence-corrected chi connectivity index (χ4v) is 3.78. The van der Waals surface area contributed by atoms with Crippen molar-refractivity contribution < 1.29 is 9.59 Å². The highest BCUT2D eigenvalue weighted by molar-refractivity contribution is 9.10. The molecule has 6 heteroatoms. The molecule has 1 fully saturated rings. The first-order chi connectivity index (χ1) is 12.9. The number of nitrogens with one attached hydrogen (secondary N) is 1. The second-order valence-electron chi connectivity index (χ2n) is 6.90. The number of ketones is 1. The molecular formula is C21H24BrN3O2. The SMILES string of the molecule is CC(=O)c1ccc(N2CCN(CC(=O)Nc3ccc(C)cc3Br)CC2)cc1. The number of hydrogen-bond donors (Lipinski definition) is 1. The Kier molecular flexibility index (Phi) is 6.29. The van der Waals surface area contributed by atoms with Crippen molar-refractivity contribution in [2.24, 2.45) is 0 Å². The van der Waals surface area contributed by atoms with Crippen molar-refractivity contribution in [3.05, 3.63) is 58.1 Å². The molecule has 1 aliphatic rings. The molecule has 0 atom stereocenters. The second kappa shape index (κ2) is 8.67. The van der Waals surface area contributed by atoms with Crippen molar-refractivity contribution in [3.8, 4) is 0 Å². The van der Waals surface area contributed by atoms with E-state index in [0.717, 1.165) is 53.2 Å². The van der Waals surface area contributed by atoms with Crippen LogP contribution in [0.1, 0.15) is 22.8 Å². The van der Waals surface area contributed by atoms with Gasteiger partial charge in [0.2, 0.25) is 5.91 Å². The van der Waals surface area contributed by atoms with Gasteiger partial charge in [-0.15, -0.1) is 0 Å². The molecule has 0 radical (unpaired) electrons. The summed E-state index contributed by atoms with van der Waals surface area (Å²) in [7, 11) is 0. The van der Waals surface area contributed by atoms with Crippen LogP contribution < -0.4 is 10.2 Å². The summed E-state index contributed by atoms with van der Waals surface area (Å²) >= 11 is 3.49. The molecule has 0 bridgehead atoms. The third-order valence-corrected chi connectivity index (χ3v) is 5.43. The van der Waals surface area contributed by atoms with E-state index in [9.17, 15) is 9.59 Å². The Balaban J connectivity index is 1.50. The first-order valence-corrected chi connectivity index (χ1v) is 9.86. The fourth-order valence-electron chi connectivity index (χ4n) is 3.19. The maximum atomic E-state index is 12.4. The van der Waals surface area contributed by atoms with Crippen molar-refractivity contribution in [2.45, 2.75) is 13.8 Å². The van der Waals surface area contributed by atoms with Crippen LogP contribution in [0.2, 0.25) is 0 Å². The molecule has 0 saturated carbocycles. The number of carbonyl (C=O) groups is 2. The third-order valence-electron chi connectivity index (χ3n) is 4.78. The minimum absolute atomic E-state index is 0.00110. The Morgan fingerprint density at radius 1 is 1.04 bits per heavy atom. The van der Waals surface area contributed by atoms with E-state index >= 15 is 0 Å². The molecule has 142 valence electrons. The van der Waals surface area contributed by atoms with Gasteiger partial charge in [-0.2, -0.15) is 0 Å². The van der Waals surface area contributed by atoms with E-state index in [-0.39, 0.29) is 11.7 Å². The average Bonchev–Trinajstić information content (AvgIpc) is 2.65. The molecule has 0 aromatic heterocycles. The van der Waals surface area contributed by atoms with Gasteiger partial charge >= 0.3 is 0 Å². The molecule has 2 aromatic carbocycles. The largest absolute Gasteiger partial charge is 0.369 e. The van der Waals surface area contributed by atoms with E-state index < -0.39 is 0 Å². The number of amides is 1. The first kappa shape index (κ1) is 19.6. The van der Waals surface area contributed by atoms with Crippen LogP contribution in [0, 0.1) is 6.92 Å². The van der Waals surface area contributed by atoms with E-state index in [4.69, 9.17) is 0 Å². The Labute approximate surface area is 168 Å². The quantitative estimate of drug-likeness (QED) is 0.735. The molecule has 1 heterocycles. The number of carbonyl (C=O) groups excluding carboxylic acids is 2. The number of halogens is 1. The normalized spacial score (nSPS) is 14.9.